The van der Waals surface area contributed by atoms with E-state index in [1.165, 1.54) is 12.4 Å². The first-order chi connectivity index (χ1) is 8.80. The molecule has 2 rings (SSSR count). The number of nitrogens with zero attached hydrogens (tertiary/aromatic N) is 1. The summed E-state index contributed by atoms with van der Waals surface area (Å²) in [7, 11) is 0. The third-order valence-corrected chi connectivity index (χ3v) is 3.05. The number of hydrogen-bond donors (Lipinski definition) is 2. The van der Waals surface area contributed by atoms with Crippen molar-refractivity contribution in [3.8, 4) is 0 Å². The minimum absolute atomic E-state index is 0.111. The first kappa shape index (κ1) is 13.5. The Bertz CT molecular complexity index is 625. The van der Waals surface area contributed by atoms with Crippen LogP contribution in [-0.4, -0.2) is 15.9 Å². The zero-order valence-electron chi connectivity index (χ0n) is 11.6. The summed E-state index contributed by atoms with van der Waals surface area (Å²) in [4.78, 5) is 18.9. The Kier molecular flexibility index (Phi) is 3.30. The SMILES string of the molecule is Cc1cc(F)c(CNC(=O)C(C)(C)C)c2[nH]cnc12. The Morgan fingerprint density at radius 1 is 1.47 bits per heavy atom. The Labute approximate surface area is 111 Å². The number of imidazole rings is 1. The molecule has 0 saturated carbocycles. The molecule has 2 aromatic rings. The molecule has 19 heavy (non-hydrogen) atoms. The van der Waals surface area contributed by atoms with Crippen LogP contribution in [0.5, 0.6) is 0 Å². The maximum absolute atomic E-state index is 14.0. The van der Waals surface area contributed by atoms with Crippen LogP contribution >= 0.6 is 0 Å². The highest BCUT2D eigenvalue weighted by Gasteiger charge is 2.21. The van der Waals surface area contributed by atoms with Crippen LogP contribution in [0, 0.1) is 18.2 Å². The second-order valence-electron chi connectivity index (χ2n) is 5.71. The number of aromatic nitrogens is 2. The Morgan fingerprint density at radius 2 is 2.16 bits per heavy atom. The summed E-state index contributed by atoms with van der Waals surface area (Å²) < 4.78 is 14.0. The van der Waals surface area contributed by atoms with E-state index in [0.717, 1.165) is 11.1 Å². The molecule has 0 atom stereocenters. The van der Waals surface area contributed by atoms with Crippen molar-refractivity contribution in [1.29, 1.82) is 0 Å². The van der Waals surface area contributed by atoms with Crippen molar-refractivity contribution in [3.63, 3.8) is 0 Å². The lowest BCUT2D eigenvalue weighted by Gasteiger charge is -2.18. The Morgan fingerprint density at radius 3 is 2.79 bits per heavy atom. The molecule has 2 N–H and O–H groups in total. The maximum atomic E-state index is 14.0. The first-order valence-corrected chi connectivity index (χ1v) is 6.20. The van der Waals surface area contributed by atoms with E-state index in [2.05, 4.69) is 15.3 Å². The molecule has 0 radical (unpaired) electrons. The summed E-state index contributed by atoms with van der Waals surface area (Å²) in [6.45, 7) is 7.42. The number of halogens is 1. The third kappa shape index (κ3) is 2.59. The third-order valence-electron chi connectivity index (χ3n) is 3.05. The molecule has 1 aromatic carbocycles. The number of amides is 1. The minimum atomic E-state index is -0.492. The van der Waals surface area contributed by atoms with E-state index in [9.17, 15) is 9.18 Å². The van der Waals surface area contributed by atoms with Gasteiger partial charge in [-0.3, -0.25) is 4.79 Å². The number of fused-ring (bicyclic) bond motifs is 1. The van der Waals surface area contributed by atoms with Crippen LogP contribution in [0.3, 0.4) is 0 Å². The number of H-pyrrole nitrogens is 1. The smallest absolute Gasteiger partial charge is 0.225 e. The zero-order chi connectivity index (χ0) is 14.2. The number of carbonyl (C=O) groups is 1. The second-order valence-corrected chi connectivity index (χ2v) is 5.71. The van der Waals surface area contributed by atoms with Gasteiger partial charge < -0.3 is 10.3 Å². The summed E-state index contributed by atoms with van der Waals surface area (Å²) in [6, 6.07) is 1.45. The van der Waals surface area contributed by atoms with Crippen LogP contribution in [0.25, 0.3) is 11.0 Å². The van der Waals surface area contributed by atoms with Crippen molar-refractivity contribution < 1.29 is 9.18 Å². The molecule has 5 heteroatoms. The van der Waals surface area contributed by atoms with Crippen molar-refractivity contribution in [2.45, 2.75) is 34.2 Å². The highest BCUT2D eigenvalue weighted by molar-refractivity contribution is 5.84. The van der Waals surface area contributed by atoms with E-state index in [1.807, 2.05) is 27.7 Å². The fraction of sp³-hybridized carbons (Fsp3) is 0.429. The van der Waals surface area contributed by atoms with Gasteiger partial charge in [-0.2, -0.15) is 0 Å². The predicted octanol–water partition coefficient (Wildman–Crippen LogP) is 2.67. The Hall–Kier alpha value is -1.91. The van der Waals surface area contributed by atoms with E-state index in [0.29, 0.717) is 11.1 Å². The average Bonchev–Trinajstić information content (AvgIpc) is 2.76. The van der Waals surface area contributed by atoms with Crippen molar-refractivity contribution in [2.75, 3.05) is 0 Å². The molecule has 0 aliphatic rings. The molecule has 0 aliphatic carbocycles. The molecule has 1 amide bonds. The highest BCUT2D eigenvalue weighted by atomic mass is 19.1. The van der Waals surface area contributed by atoms with Gasteiger partial charge in [-0.15, -0.1) is 0 Å². The minimum Gasteiger partial charge on any atom is -0.351 e. The van der Waals surface area contributed by atoms with Gasteiger partial charge in [0.1, 0.15) is 5.82 Å². The number of aryl methyl sites for hydroxylation is 1. The monoisotopic (exact) mass is 263 g/mol. The molecule has 0 fully saturated rings. The number of aromatic amines is 1. The summed E-state index contributed by atoms with van der Waals surface area (Å²) in [5, 5.41) is 2.75. The fourth-order valence-electron chi connectivity index (χ4n) is 1.89. The Balaban J connectivity index is 2.31. The van der Waals surface area contributed by atoms with Crippen molar-refractivity contribution >= 4 is 16.9 Å². The van der Waals surface area contributed by atoms with E-state index >= 15 is 0 Å². The molecule has 0 aliphatic heterocycles. The lowest BCUT2D eigenvalue weighted by molar-refractivity contribution is -0.128. The number of benzene rings is 1. The topological polar surface area (TPSA) is 57.8 Å². The van der Waals surface area contributed by atoms with Gasteiger partial charge in [0.2, 0.25) is 5.91 Å². The maximum Gasteiger partial charge on any atom is 0.225 e. The molecular weight excluding hydrogens is 245 g/mol. The highest BCUT2D eigenvalue weighted by Crippen LogP contribution is 2.22. The fourth-order valence-corrected chi connectivity index (χ4v) is 1.89. The van der Waals surface area contributed by atoms with Gasteiger partial charge in [-0.25, -0.2) is 9.37 Å². The van der Waals surface area contributed by atoms with Gasteiger partial charge >= 0.3 is 0 Å². The van der Waals surface area contributed by atoms with Gasteiger partial charge in [0.05, 0.1) is 17.4 Å². The van der Waals surface area contributed by atoms with E-state index in [1.54, 1.807) is 0 Å². The summed E-state index contributed by atoms with van der Waals surface area (Å²) in [5.41, 5.74) is 2.11. The number of carbonyl (C=O) groups excluding carboxylic acids is 1. The van der Waals surface area contributed by atoms with Crippen molar-refractivity contribution in [1.82, 2.24) is 15.3 Å². The molecule has 1 heterocycles. The van der Waals surface area contributed by atoms with Crippen LogP contribution in [0.2, 0.25) is 0 Å². The predicted molar refractivity (Wildman–Crippen MR) is 72.1 cm³/mol. The van der Waals surface area contributed by atoms with Gasteiger partial charge in [0, 0.05) is 17.5 Å². The zero-order valence-corrected chi connectivity index (χ0v) is 11.6. The normalized spacial score (nSPS) is 11.8. The van der Waals surface area contributed by atoms with Crippen LogP contribution in [0.4, 0.5) is 4.39 Å². The lowest BCUT2D eigenvalue weighted by Crippen LogP contribution is -2.34. The van der Waals surface area contributed by atoms with E-state index in [4.69, 9.17) is 0 Å². The summed E-state index contributed by atoms with van der Waals surface area (Å²) in [6.07, 6.45) is 1.53. The molecule has 0 bridgehead atoms. The number of hydrogen-bond acceptors (Lipinski definition) is 2. The van der Waals surface area contributed by atoms with Gasteiger partial charge in [-0.1, -0.05) is 20.8 Å². The van der Waals surface area contributed by atoms with Gasteiger partial charge in [0.15, 0.2) is 0 Å². The quantitative estimate of drug-likeness (QED) is 0.875. The summed E-state index contributed by atoms with van der Waals surface area (Å²) >= 11 is 0. The molecule has 0 saturated heterocycles. The first-order valence-electron chi connectivity index (χ1n) is 6.20. The van der Waals surface area contributed by atoms with Crippen molar-refractivity contribution in [3.05, 3.63) is 29.3 Å². The van der Waals surface area contributed by atoms with E-state index < -0.39 is 5.41 Å². The molecule has 102 valence electrons. The molecule has 1 aromatic heterocycles. The second kappa shape index (κ2) is 4.64. The summed E-state index contributed by atoms with van der Waals surface area (Å²) in [5.74, 6) is -0.441. The number of rotatable bonds is 2. The van der Waals surface area contributed by atoms with Gasteiger partial charge in [-0.05, 0) is 18.6 Å². The van der Waals surface area contributed by atoms with Crippen molar-refractivity contribution in [2.24, 2.45) is 5.41 Å². The molecule has 0 unspecified atom stereocenters. The molecule has 0 spiro atoms. The molecule has 4 nitrogen and oxygen atoms in total. The lowest BCUT2D eigenvalue weighted by atomic mass is 9.95. The largest absolute Gasteiger partial charge is 0.351 e. The van der Waals surface area contributed by atoms with Crippen LogP contribution in [-0.2, 0) is 11.3 Å². The van der Waals surface area contributed by atoms with E-state index in [-0.39, 0.29) is 18.3 Å². The molecular formula is C14H18FN3O. The average molecular weight is 263 g/mol. The standard InChI is InChI=1S/C14H18FN3O/c1-8-5-10(15)9(12-11(8)17-7-18-12)6-16-13(19)14(2,3)4/h5,7H,6H2,1-4H3,(H,16,19)(H,17,18). The van der Waals surface area contributed by atoms with Crippen LogP contribution in [0.1, 0.15) is 31.9 Å². The number of nitrogens with one attached hydrogen (secondary N) is 2. The van der Waals surface area contributed by atoms with Crippen LogP contribution < -0.4 is 5.32 Å². The van der Waals surface area contributed by atoms with Gasteiger partial charge in [0.25, 0.3) is 0 Å². The van der Waals surface area contributed by atoms with Crippen LogP contribution in [0.15, 0.2) is 12.4 Å².